The lowest BCUT2D eigenvalue weighted by atomic mass is 10.1. The number of aryl methyl sites for hydroxylation is 3. The van der Waals surface area contributed by atoms with E-state index in [1.54, 1.807) is 7.11 Å². The first kappa shape index (κ1) is 19.5. The van der Waals surface area contributed by atoms with Crippen molar-refractivity contribution in [1.29, 1.82) is 0 Å². The molecule has 0 saturated carbocycles. The summed E-state index contributed by atoms with van der Waals surface area (Å²) in [4.78, 5) is 31.9. The molecule has 0 aliphatic rings. The molecule has 1 atom stereocenters. The van der Waals surface area contributed by atoms with Crippen LogP contribution < -0.4 is 5.56 Å². The zero-order chi connectivity index (χ0) is 19.9. The van der Waals surface area contributed by atoms with Crippen LogP contribution in [0.4, 0.5) is 0 Å². The number of ketones is 1. The van der Waals surface area contributed by atoms with Gasteiger partial charge in [0.2, 0.25) is 0 Å². The predicted molar refractivity (Wildman–Crippen MR) is 108 cm³/mol. The number of ether oxygens (including phenoxy) is 1. The van der Waals surface area contributed by atoms with E-state index in [0.29, 0.717) is 17.6 Å². The van der Waals surface area contributed by atoms with Crippen LogP contribution in [0, 0.1) is 27.7 Å². The van der Waals surface area contributed by atoms with E-state index in [9.17, 15) is 9.59 Å². The second kappa shape index (κ2) is 7.40. The molecule has 3 rings (SSSR count). The van der Waals surface area contributed by atoms with Gasteiger partial charge in [0.25, 0.3) is 5.56 Å². The van der Waals surface area contributed by atoms with Gasteiger partial charge in [-0.15, -0.1) is 11.3 Å². The Balaban J connectivity index is 1.96. The van der Waals surface area contributed by atoms with Crippen LogP contribution >= 0.6 is 11.3 Å². The van der Waals surface area contributed by atoms with Crippen molar-refractivity contribution in [3.05, 3.63) is 50.1 Å². The SMILES string of the molecule is COCC(C)n1c(C)cc(C(=O)Cn2cnc3sc(C)c(C)c3c2=O)c1C. The number of nitrogens with zero attached hydrogens (tertiary/aromatic N) is 3. The van der Waals surface area contributed by atoms with Gasteiger partial charge in [0.05, 0.1) is 30.9 Å². The summed E-state index contributed by atoms with van der Waals surface area (Å²) >= 11 is 1.51. The van der Waals surface area contributed by atoms with E-state index in [0.717, 1.165) is 26.7 Å². The van der Waals surface area contributed by atoms with Crippen LogP contribution in [-0.2, 0) is 11.3 Å². The third kappa shape index (κ3) is 3.37. The number of hydrogen-bond acceptors (Lipinski definition) is 5. The molecule has 0 aliphatic carbocycles. The summed E-state index contributed by atoms with van der Waals surface area (Å²) in [5.41, 5.74) is 3.33. The molecule has 0 aliphatic heterocycles. The number of fused-ring (bicyclic) bond motifs is 1. The van der Waals surface area contributed by atoms with E-state index < -0.39 is 0 Å². The Bertz CT molecular complexity index is 1070. The molecule has 0 N–H and O–H groups in total. The highest BCUT2D eigenvalue weighted by atomic mass is 32.1. The number of aromatic nitrogens is 3. The van der Waals surface area contributed by atoms with Crippen molar-refractivity contribution in [3.63, 3.8) is 0 Å². The Kier molecular flexibility index (Phi) is 5.35. The van der Waals surface area contributed by atoms with E-state index in [-0.39, 0.29) is 23.9 Å². The van der Waals surface area contributed by atoms with Crippen LogP contribution in [0.3, 0.4) is 0 Å². The Labute approximate surface area is 162 Å². The maximum absolute atomic E-state index is 12.9. The Hall–Kier alpha value is -2.25. The summed E-state index contributed by atoms with van der Waals surface area (Å²) < 4.78 is 8.76. The normalized spacial score (nSPS) is 12.7. The number of Topliss-reactive ketones (excluding diaryl/α,β-unsaturated/α-hetero) is 1. The van der Waals surface area contributed by atoms with E-state index in [1.165, 1.54) is 22.2 Å². The second-order valence-electron chi connectivity index (χ2n) is 7.02. The molecule has 0 radical (unpaired) electrons. The first-order chi connectivity index (χ1) is 12.8. The number of hydrogen-bond donors (Lipinski definition) is 0. The van der Waals surface area contributed by atoms with Crippen molar-refractivity contribution < 1.29 is 9.53 Å². The molecule has 0 aromatic carbocycles. The van der Waals surface area contributed by atoms with Crippen molar-refractivity contribution in [2.24, 2.45) is 0 Å². The number of carbonyl (C=O) groups is 1. The van der Waals surface area contributed by atoms with E-state index >= 15 is 0 Å². The molecule has 0 bridgehead atoms. The summed E-state index contributed by atoms with van der Waals surface area (Å²) in [6, 6.07) is 2.02. The maximum Gasteiger partial charge on any atom is 0.262 e. The van der Waals surface area contributed by atoms with Crippen molar-refractivity contribution in [3.8, 4) is 0 Å². The first-order valence-corrected chi connectivity index (χ1v) is 9.73. The van der Waals surface area contributed by atoms with Gasteiger partial charge in [0.1, 0.15) is 4.83 Å². The minimum atomic E-state index is -0.156. The van der Waals surface area contributed by atoms with Crippen molar-refractivity contribution in [2.45, 2.75) is 47.2 Å². The molecule has 3 aromatic heterocycles. The lowest BCUT2D eigenvalue weighted by Crippen LogP contribution is -2.25. The highest BCUT2D eigenvalue weighted by Gasteiger charge is 2.20. The fourth-order valence-electron chi connectivity index (χ4n) is 3.68. The summed E-state index contributed by atoms with van der Waals surface area (Å²) in [6.45, 7) is 10.4. The third-order valence-electron chi connectivity index (χ3n) is 5.10. The van der Waals surface area contributed by atoms with Gasteiger partial charge in [-0.2, -0.15) is 0 Å². The second-order valence-corrected chi connectivity index (χ2v) is 8.23. The molecular weight excluding hydrogens is 362 g/mol. The van der Waals surface area contributed by atoms with E-state index in [4.69, 9.17) is 4.74 Å². The largest absolute Gasteiger partial charge is 0.383 e. The molecule has 3 heterocycles. The Morgan fingerprint density at radius 1 is 1.30 bits per heavy atom. The average Bonchev–Trinajstić information content (AvgIpc) is 3.07. The molecule has 7 heteroatoms. The van der Waals surface area contributed by atoms with Crippen LogP contribution in [-0.4, -0.2) is 33.6 Å². The van der Waals surface area contributed by atoms with Gasteiger partial charge in [-0.1, -0.05) is 0 Å². The molecule has 0 saturated heterocycles. The summed E-state index contributed by atoms with van der Waals surface area (Å²) in [5, 5.41) is 0.618. The number of methoxy groups -OCH3 is 1. The summed E-state index contributed by atoms with van der Waals surface area (Å²) in [7, 11) is 1.67. The minimum absolute atomic E-state index is 0.0148. The molecule has 0 spiro atoms. The fourth-order valence-corrected chi connectivity index (χ4v) is 4.66. The summed E-state index contributed by atoms with van der Waals surface area (Å²) in [5.74, 6) is -0.0909. The van der Waals surface area contributed by atoms with Crippen LogP contribution in [0.5, 0.6) is 0 Å². The molecular formula is C20H25N3O3S. The monoisotopic (exact) mass is 387 g/mol. The quantitative estimate of drug-likeness (QED) is 0.606. The smallest absolute Gasteiger partial charge is 0.262 e. The highest BCUT2D eigenvalue weighted by Crippen LogP contribution is 2.26. The molecule has 0 amide bonds. The number of rotatable bonds is 6. The van der Waals surface area contributed by atoms with Crippen molar-refractivity contribution in [1.82, 2.24) is 14.1 Å². The minimum Gasteiger partial charge on any atom is -0.383 e. The van der Waals surface area contributed by atoms with Gasteiger partial charge in [-0.3, -0.25) is 14.2 Å². The first-order valence-electron chi connectivity index (χ1n) is 8.92. The van der Waals surface area contributed by atoms with Gasteiger partial charge in [0, 0.05) is 28.9 Å². The Morgan fingerprint density at radius 2 is 2.00 bits per heavy atom. The molecule has 3 aromatic rings. The zero-order valence-electron chi connectivity index (χ0n) is 16.6. The fraction of sp³-hybridized carbons (Fsp3) is 0.450. The van der Waals surface area contributed by atoms with E-state index in [1.807, 2.05) is 33.8 Å². The number of thiophene rings is 1. The predicted octanol–water partition coefficient (Wildman–Crippen LogP) is 3.58. The van der Waals surface area contributed by atoms with Crippen LogP contribution in [0.2, 0.25) is 0 Å². The topological polar surface area (TPSA) is 66.1 Å². The molecule has 27 heavy (non-hydrogen) atoms. The standard InChI is InChI=1S/C20H25N3O3S/c1-11-7-16(14(4)23(11)12(2)9-26-6)17(24)8-22-10-21-19-18(20(22)25)13(3)15(5)27-19/h7,10,12H,8-9H2,1-6H3. The van der Waals surface area contributed by atoms with Crippen LogP contribution in [0.25, 0.3) is 10.2 Å². The molecule has 1 unspecified atom stereocenters. The number of carbonyl (C=O) groups excluding carboxylic acids is 1. The van der Waals surface area contributed by atoms with Gasteiger partial charge in [-0.25, -0.2) is 4.98 Å². The van der Waals surface area contributed by atoms with Gasteiger partial charge in [-0.05, 0) is 46.2 Å². The summed E-state index contributed by atoms with van der Waals surface area (Å²) in [6.07, 6.45) is 1.48. The Morgan fingerprint density at radius 3 is 2.67 bits per heavy atom. The van der Waals surface area contributed by atoms with Crippen molar-refractivity contribution in [2.75, 3.05) is 13.7 Å². The lowest BCUT2D eigenvalue weighted by Gasteiger charge is -2.17. The maximum atomic E-state index is 12.9. The van der Waals surface area contributed by atoms with Gasteiger partial charge < -0.3 is 9.30 Å². The van der Waals surface area contributed by atoms with Gasteiger partial charge in [0.15, 0.2) is 5.78 Å². The average molecular weight is 388 g/mol. The van der Waals surface area contributed by atoms with Crippen LogP contribution in [0.15, 0.2) is 17.2 Å². The molecule has 6 nitrogen and oxygen atoms in total. The van der Waals surface area contributed by atoms with E-state index in [2.05, 4.69) is 16.5 Å². The zero-order valence-corrected chi connectivity index (χ0v) is 17.4. The van der Waals surface area contributed by atoms with Crippen molar-refractivity contribution >= 4 is 27.3 Å². The third-order valence-corrected chi connectivity index (χ3v) is 6.22. The molecule has 0 fully saturated rings. The van der Waals surface area contributed by atoms with Crippen LogP contribution in [0.1, 0.15) is 45.2 Å². The lowest BCUT2D eigenvalue weighted by molar-refractivity contribution is 0.0969. The highest BCUT2D eigenvalue weighted by molar-refractivity contribution is 7.18. The van der Waals surface area contributed by atoms with Gasteiger partial charge >= 0.3 is 0 Å². The molecule has 144 valence electrons.